The number of aromatic nitrogens is 2. The number of hydrogen-bond donors (Lipinski definition) is 4. The predicted octanol–water partition coefficient (Wildman–Crippen LogP) is 3.17. The van der Waals surface area contributed by atoms with E-state index in [4.69, 9.17) is 5.11 Å². The molecule has 0 saturated carbocycles. The zero-order valence-electron chi connectivity index (χ0n) is 20.0. The van der Waals surface area contributed by atoms with Crippen molar-refractivity contribution in [2.45, 2.75) is 0 Å². The Kier molecular flexibility index (Phi) is 7.92. The van der Waals surface area contributed by atoms with Gasteiger partial charge >= 0.3 is 5.97 Å². The molecule has 4 rings (SSSR count). The van der Waals surface area contributed by atoms with Gasteiger partial charge in [-0.25, -0.2) is 4.98 Å². The lowest BCUT2D eigenvalue weighted by atomic mass is 10.2. The summed E-state index contributed by atoms with van der Waals surface area (Å²) < 4.78 is 0. The minimum atomic E-state index is -0.842. The second-order valence-corrected chi connectivity index (χ2v) is 8.26. The van der Waals surface area contributed by atoms with E-state index in [-0.39, 0.29) is 24.0 Å². The van der Waals surface area contributed by atoms with E-state index in [2.05, 4.69) is 43.5 Å². The number of hydrogen-bond acceptors (Lipinski definition) is 9. The Morgan fingerprint density at radius 3 is 2.51 bits per heavy atom. The number of carboxylic acids is 1. The lowest BCUT2D eigenvalue weighted by molar-refractivity contribution is -0.138. The number of piperazine rings is 1. The number of rotatable bonds is 9. The molecule has 0 atom stereocenters. The Balaban J connectivity index is 1.57. The molecular formula is C26H26N8O3. The van der Waals surface area contributed by atoms with Gasteiger partial charge in [0.2, 0.25) is 11.9 Å². The van der Waals surface area contributed by atoms with Crippen LogP contribution in [0.25, 0.3) is 0 Å². The fraction of sp³-hybridized carbons (Fsp3) is 0.192. The number of carboxylic acid groups (broad SMARTS) is 1. The van der Waals surface area contributed by atoms with Gasteiger partial charge < -0.3 is 26.0 Å². The van der Waals surface area contributed by atoms with Crippen LogP contribution in [0.4, 0.5) is 34.5 Å². The molecular weight excluding hydrogens is 472 g/mol. The average Bonchev–Trinajstić information content (AvgIpc) is 2.90. The molecule has 1 amide bonds. The van der Waals surface area contributed by atoms with E-state index in [1.807, 2.05) is 53.4 Å². The summed E-state index contributed by atoms with van der Waals surface area (Å²) in [4.78, 5) is 35.9. The van der Waals surface area contributed by atoms with Crippen LogP contribution in [0.3, 0.4) is 0 Å². The molecule has 3 aromatic rings. The second kappa shape index (κ2) is 11.7. The molecule has 0 unspecified atom stereocenters. The number of amides is 1. The molecule has 4 N–H and O–H groups in total. The van der Waals surface area contributed by atoms with Gasteiger partial charge in [0, 0.05) is 37.6 Å². The third kappa shape index (κ3) is 6.59. The molecule has 11 heteroatoms. The minimum Gasteiger partial charge on any atom is -0.480 e. The topological polar surface area (TPSA) is 147 Å². The Morgan fingerprint density at radius 1 is 1.08 bits per heavy atom. The molecule has 1 fully saturated rings. The summed E-state index contributed by atoms with van der Waals surface area (Å²) in [5.41, 5.74) is 2.99. The predicted molar refractivity (Wildman–Crippen MR) is 141 cm³/mol. The van der Waals surface area contributed by atoms with Crippen molar-refractivity contribution in [3.63, 3.8) is 0 Å². The number of aliphatic carboxylic acids is 1. The molecule has 2 aromatic carbocycles. The summed E-state index contributed by atoms with van der Waals surface area (Å²) in [5.74, 6) is -0.635. The highest BCUT2D eigenvalue weighted by Gasteiger charge is 2.20. The van der Waals surface area contributed by atoms with Gasteiger partial charge in [0.1, 0.15) is 11.6 Å². The summed E-state index contributed by atoms with van der Waals surface area (Å²) in [5, 5.41) is 27.6. The fourth-order valence-electron chi connectivity index (χ4n) is 3.88. The van der Waals surface area contributed by atoms with E-state index >= 15 is 0 Å². The van der Waals surface area contributed by atoms with Crippen molar-refractivity contribution < 1.29 is 14.7 Å². The molecule has 1 aromatic heterocycles. The summed E-state index contributed by atoms with van der Waals surface area (Å²) >= 11 is 0. The van der Waals surface area contributed by atoms with Crippen LogP contribution in [0, 0.1) is 11.3 Å². The van der Waals surface area contributed by atoms with Crippen LogP contribution < -0.4 is 20.9 Å². The first-order valence-electron chi connectivity index (χ1n) is 11.6. The number of para-hydroxylation sites is 1. The number of nitrogens with zero attached hydrogens (tertiary/aromatic N) is 5. The zero-order valence-corrected chi connectivity index (χ0v) is 20.0. The van der Waals surface area contributed by atoms with Crippen LogP contribution in [0.1, 0.15) is 5.56 Å². The Labute approximate surface area is 214 Å². The van der Waals surface area contributed by atoms with E-state index in [0.29, 0.717) is 43.4 Å². The van der Waals surface area contributed by atoms with Gasteiger partial charge in [0.25, 0.3) is 0 Å². The smallest absolute Gasteiger partial charge is 0.317 e. The molecule has 1 aliphatic rings. The quantitative estimate of drug-likeness (QED) is 0.324. The first-order valence-corrected chi connectivity index (χ1v) is 11.6. The van der Waals surface area contributed by atoms with Gasteiger partial charge in [-0.2, -0.15) is 10.2 Å². The maximum absolute atomic E-state index is 12.1. The van der Waals surface area contributed by atoms with Crippen molar-refractivity contribution in [1.29, 1.82) is 5.26 Å². The molecule has 0 aliphatic carbocycles. The van der Waals surface area contributed by atoms with Gasteiger partial charge in [-0.05, 0) is 36.4 Å². The highest BCUT2D eigenvalue weighted by Crippen LogP contribution is 2.31. The van der Waals surface area contributed by atoms with Gasteiger partial charge in [-0.15, -0.1) is 0 Å². The standard InChI is InChI=1S/C26H26N8O3/c1-2-23(35)30-22-14-20(34-12-10-33(11-13-34)17-24(36)37)8-9-21(22)31-26-28-16-18(15-27)25(32-26)29-19-6-4-3-5-7-19/h2-9,14,16H,1,10-13,17H2,(H,30,35)(H,36,37)(H2,28,29,31,32). The van der Waals surface area contributed by atoms with Gasteiger partial charge in [-0.3, -0.25) is 14.5 Å². The Bertz CT molecular complexity index is 1330. The first kappa shape index (κ1) is 25.2. The van der Waals surface area contributed by atoms with Gasteiger partial charge in [0.05, 0.1) is 24.1 Å². The summed E-state index contributed by atoms with van der Waals surface area (Å²) in [7, 11) is 0. The van der Waals surface area contributed by atoms with E-state index in [1.54, 1.807) is 0 Å². The highest BCUT2D eigenvalue weighted by atomic mass is 16.4. The SMILES string of the molecule is C=CC(=O)Nc1cc(N2CCN(CC(=O)O)CC2)ccc1Nc1ncc(C#N)c(Nc2ccccc2)n1. The van der Waals surface area contributed by atoms with E-state index in [1.165, 1.54) is 12.3 Å². The second-order valence-electron chi connectivity index (χ2n) is 8.26. The van der Waals surface area contributed by atoms with Crippen LogP contribution in [0.15, 0.2) is 67.4 Å². The van der Waals surface area contributed by atoms with Crippen molar-refractivity contribution in [3.05, 3.63) is 72.9 Å². The van der Waals surface area contributed by atoms with Crippen molar-refractivity contribution in [2.75, 3.05) is 53.6 Å². The number of benzene rings is 2. The molecule has 11 nitrogen and oxygen atoms in total. The summed E-state index contributed by atoms with van der Waals surface area (Å²) in [6.07, 6.45) is 2.61. The molecule has 37 heavy (non-hydrogen) atoms. The average molecular weight is 499 g/mol. The fourth-order valence-corrected chi connectivity index (χ4v) is 3.88. The number of nitriles is 1. The highest BCUT2D eigenvalue weighted by molar-refractivity contribution is 6.02. The van der Waals surface area contributed by atoms with E-state index in [9.17, 15) is 14.9 Å². The Hall–Kier alpha value is -4.95. The number of anilines is 6. The molecule has 188 valence electrons. The maximum Gasteiger partial charge on any atom is 0.317 e. The van der Waals surface area contributed by atoms with E-state index < -0.39 is 5.97 Å². The maximum atomic E-state index is 12.1. The van der Waals surface area contributed by atoms with Crippen molar-refractivity contribution in [1.82, 2.24) is 14.9 Å². The molecule has 0 bridgehead atoms. The molecule has 2 heterocycles. The first-order chi connectivity index (χ1) is 17.9. The van der Waals surface area contributed by atoms with Crippen molar-refractivity contribution in [3.8, 4) is 6.07 Å². The molecule has 0 spiro atoms. The van der Waals surface area contributed by atoms with Crippen LogP contribution in [-0.4, -0.2) is 64.6 Å². The van der Waals surface area contributed by atoms with E-state index in [0.717, 1.165) is 11.4 Å². The lowest BCUT2D eigenvalue weighted by Crippen LogP contribution is -2.48. The third-order valence-corrected chi connectivity index (χ3v) is 5.73. The molecule has 1 saturated heterocycles. The summed E-state index contributed by atoms with van der Waals surface area (Å²) in [6.45, 7) is 6.10. The number of nitrogens with one attached hydrogen (secondary N) is 3. The van der Waals surface area contributed by atoms with Gasteiger partial charge in [0.15, 0.2) is 5.82 Å². The normalized spacial score (nSPS) is 13.3. The third-order valence-electron chi connectivity index (χ3n) is 5.73. The van der Waals surface area contributed by atoms with Crippen molar-refractivity contribution >= 4 is 46.4 Å². The largest absolute Gasteiger partial charge is 0.480 e. The number of carbonyl (C=O) groups excluding carboxylic acids is 1. The molecule has 0 radical (unpaired) electrons. The monoisotopic (exact) mass is 498 g/mol. The van der Waals surface area contributed by atoms with Crippen LogP contribution in [-0.2, 0) is 9.59 Å². The number of carbonyl (C=O) groups is 2. The van der Waals surface area contributed by atoms with Crippen LogP contribution >= 0.6 is 0 Å². The van der Waals surface area contributed by atoms with Crippen molar-refractivity contribution in [2.24, 2.45) is 0 Å². The zero-order chi connectivity index (χ0) is 26.2. The van der Waals surface area contributed by atoms with Gasteiger partial charge in [-0.1, -0.05) is 24.8 Å². The summed E-state index contributed by atoms with van der Waals surface area (Å²) in [6, 6.07) is 17.0. The Morgan fingerprint density at radius 2 is 1.84 bits per heavy atom. The van der Waals surface area contributed by atoms with Crippen LogP contribution in [0.5, 0.6) is 0 Å². The lowest BCUT2D eigenvalue weighted by Gasteiger charge is -2.35. The van der Waals surface area contributed by atoms with Crippen LogP contribution in [0.2, 0.25) is 0 Å². The minimum absolute atomic E-state index is 0.0169. The molecule has 1 aliphatic heterocycles.